The molecule has 1 aromatic heterocycles. The second kappa shape index (κ2) is 10.2. The number of hydrogen-bond donors (Lipinski definition) is 2. The number of amides is 2. The Morgan fingerprint density at radius 3 is 2.08 bits per heavy atom. The van der Waals surface area contributed by atoms with E-state index in [0.717, 1.165) is 0 Å². The van der Waals surface area contributed by atoms with Crippen molar-refractivity contribution in [2.24, 2.45) is 17.3 Å². The molecule has 200 valence electrons. The van der Waals surface area contributed by atoms with Crippen LogP contribution >= 0.6 is 0 Å². The molecule has 8 nitrogen and oxygen atoms in total. The monoisotopic (exact) mass is 529 g/mol. The minimum absolute atomic E-state index is 0.0258. The van der Waals surface area contributed by atoms with Gasteiger partial charge in [-0.3, -0.25) is 14.6 Å². The fourth-order valence-corrected chi connectivity index (χ4v) is 4.89. The van der Waals surface area contributed by atoms with Gasteiger partial charge in [-0.1, -0.05) is 32.0 Å². The molecule has 0 spiro atoms. The molecule has 2 amide bonds. The highest BCUT2D eigenvalue weighted by Gasteiger charge is 2.65. The summed E-state index contributed by atoms with van der Waals surface area (Å²) in [7, 11) is 3.05. The van der Waals surface area contributed by atoms with Crippen LogP contribution in [0.1, 0.15) is 13.8 Å². The number of carbonyl (C=O) groups excluding carboxylic acids is 2. The Morgan fingerprint density at radius 2 is 1.44 bits per heavy atom. The Hall–Kier alpha value is -4.66. The zero-order valence-electron chi connectivity index (χ0n) is 21.9. The lowest BCUT2D eigenvalue weighted by Gasteiger charge is -2.13. The first kappa shape index (κ1) is 26.0. The lowest BCUT2D eigenvalue weighted by molar-refractivity contribution is -0.122. The molecule has 1 fully saturated rings. The Bertz CT molecular complexity index is 1560. The fraction of sp³-hybridized carbons (Fsp3) is 0.233. The van der Waals surface area contributed by atoms with Crippen molar-refractivity contribution in [3.05, 3.63) is 78.7 Å². The van der Waals surface area contributed by atoms with E-state index < -0.39 is 23.1 Å². The third kappa shape index (κ3) is 5.07. The smallest absolute Gasteiger partial charge is 0.228 e. The average Bonchev–Trinajstić information content (AvgIpc) is 3.52. The Balaban J connectivity index is 1.29. The van der Waals surface area contributed by atoms with Crippen LogP contribution in [0.5, 0.6) is 23.0 Å². The van der Waals surface area contributed by atoms with Gasteiger partial charge in [-0.2, -0.15) is 0 Å². The molecule has 0 saturated heterocycles. The van der Waals surface area contributed by atoms with E-state index in [2.05, 4.69) is 15.6 Å². The van der Waals surface area contributed by atoms with Crippen molar-refractivity contribution < 1.29 is 28.2 Å². The Labute approximate surface area is 225 Å². The molecule has 0 aliphatic heterocycles. The molecule has 1 heterocycles. The summed E-state index contributed by atoms with van der Waals surface area (Å²) in [5.74, 6) is -0.921. The van der Waals surface area contributed by atoms with E-state index in [1.165, 1.54) is 26.4 Å². The van der Waals surface area contributed by atoms with Gasteiger partial charge in [0.2, 0.25) is 11.8 Å². The molecule has 5 rings (SSSR count). The first-order chi connectivity index (χ1) is 18.7. The SMILES string of the molecule is COc1cc2nccc(Oc3ccc(NC(=O)[C@@H]4[C@H](C(=O)Nc5ccccc5)C4(C)C)cc3F)c2cc1OC. The van der Waals surface area contributed by atoms with Crippen LogP contribution in [0, 0.1) is 23.1 Å². The molecular weight excluding hydrogens is 501 g/mol. The summed E-state index contributed by atoms with van der Waals surface area (Å²) >= 11 is 0. The molecule has 2 atom stereocenters. The van der Waals surface area contributed by atoms with E-state index >= 15 is 4.39 Å². The van der Waals surface area contributed by atoms with Gasteiger partial charge >= 0.3 is 0 Å². The number of aromatic nitrogens is 1. The van der Waals surface area contributed by atoms with Crippen LogP contribution in [0.4, 0.5) is 15.8 Å². The van der Waals surface area contributed by atoms with Crippen LogP contribution in [0.15, 0.2) is 72.9 Å². The summed E-state index contributed by atoms with van der Waals surface area (Å²) in [5, 5.41) is 6.22. The van der Waals surface area contributed by atoms with Gasteiger partial charge in [-0.15, -0.1) is 0 Å². The van der Waals surface area contributed by atoms with E-state index in [9.17, 15) is 9.59 Å². The van der Waals surface area contributed by atoms with Crippen molar-refractivity contribution in [3.63, 3.8) is 0 Å². The number of hydrogen-bond acceptors (Lipinski definition) is 6. The second-order valence-electron chi connectivity index (χ2n) is 9.90. The maximum atomic E-state index is 15.1. The van der Waals surface area contributed by atoms with Gasteiger partial charge in [-0.05, 0) is 41.8 Å². The van der Waals surface area contributed by atoms with Crippen molar-refractivity contribution in [3.8, 4) is 23.0 Å². The van der Waals surface area contributed by atoms with Crippen molar-refractivity contribution >= 4 is 34.1 Å². The maximum Gasteiger partial charge on any atom is 0.228 e. The van der Waals surface area contributed by atoms with Gasteiger partial charge in [0.25, 0.3) is 0 Å². The minimum Gasteiger partial charge on any atom is -0.493 e. The summed E-state index contributed by atoms with van der Waals surface area (Å²) in [6.45, 7) is 3.74. The average molecular weight is 530 g/mol. The zero-order valence-corrected chi connectivity index (χ0v) is 21.9. The highest BCUT2D eigenvalue weighted by Crippen LogP contribution is 2.59. The van der Waals surface area contributed by atoms with Gasteiger partial charge in [0.05, 0.1) is 31.6 Å². The van der Waals surface area contributed by atoms with E-state index in [1.54, 1.807) is 42.6 Å². The number of pyridine rings is 1. The number of methoxy groups -OCH3 is 2. The number of fused-ring (bicyclic) bond motifs is 1. The molecule has 1 aliphatic carbocycles. The van der Waals surface area contributed by atoms with Crippen LogP contribution in [-0.2, 0) is 9.59 Å². The minimum atomic E-state index is -0.660. The molecule has 0 bridgehead atoms. The fourth-order valence-electron chi connectivity index (χ4n) is 4.89. The molecule has 1 saturated carbocycles. The molecule has 3 aromatic carbocycles. The number of carbonyl (C=O) groups is 2. The number of para-hydroxylation sites is 1. The summed E-state index contributed by atoms with van der Waals surface area (Å²) < 4.78 is 31.6. The van der Waals surface area contributed by atoms with Crippen LogP contribution < -0.4 is 24.8 Å². The maximum absolute atomic E-state index is 15.1. The predicted molar refractivity (Wildman–Crippen MR) is 146 cm³/mol. The van der Waals surface area contributed by atoms with Crippen molar-refractivity contribution in [2.75, 3.05) is 24.9 Å². The molecule has 39 heavy (non-hydrogen) atoms. The van der Waals surface area contributed by atoms with E-state index in [1.807, 2.05) is 32.0 Å². The van der Waals surface area contributed by atoms with Gasteiger partial charge in [-0.25, -0.2) is 4.39 Å². The number of nitrogens with zero attached hydrogens (tertiary/aromatic N) is 1. The predicted octanol–water partition coefficient (Wildman–Crippen LogP) is 6.03. The number of benzene rings is 3. The molecule has 0 unspecified atom stereocenters. The topological polar surface area (TPSA) is 98.8 Å². The normalized spacial score (nSPS) is 17.3. The third-order valence-electron chi connectivity index (χ3n) is 7.06. The van der Waals surface area contributed by atoms with Crippen LogP contribution in [-0.4, -0.2) is 31.0 Å². The number of ether oxygens (including phenoxy) is 3. The molecule has 1 aliphatic rings. The first-order valence-electron chi connectivity index (χ1n) is 12.4. The quantitative estimate of drug-likeness (QED) is 0.289. The first-order valence-corrected chi connectivity index (χ1v) is 12.4. The van der Waals surface area contributed by atoms with Gasteiger partial charge in [0.1, 0.15) is 5.75 Å². The summed E-state index contributed by atoms with van der Waals surface area (Å²) in [4.78, 5) is 30.2. The number of nitrogens with one attached hydrogen (secondary N) is 2. The van der Waals surface area contributed by atoms with Crippen molar-refractivity contribution in [1.29, 1.82) is 0 Å². The molecule has 2 N–H and O–H groups in total. The van der Waals surface area contributed by atoms with E-state index in [0.29, 0.717) is 33.8 Å². The van der Waals surface area contributed by atoms with Gasteiger partial charge in [0, 0.05) is 35.1 Å². The summed E-state index contributed by atoms with van der Waals surface area (Å²) in [5.41, 5.74) is 0.992. The van der Waals surface area contributed by atoms with Crippen LogP contribution in [0.2, 0.25) is 0 Å². The van der Waals surface area contributed by atoms with E-state index in [-0.39, 0.29) is 23.3 Å². The summed E-state index contributed by atoms with van der Waals surface area (Å²) in [6, 6.07) is 18.3. The Kier molecular flexibility index (Phi) is 6.82. The summed E-state index contributed by atoms with van der Waals surface area (Å²) in [6.07, 6.45) is 1.55. The third-order valence-corrected chi connectivity index (χ3v) is 7.06. The molecule has 4 aromatic rings. The van der Waals surface area contributed by atoms with Gasteiger partial charge < -0.3 is 24.8 Å². The standard InChI is InChI=1S/C30H28FN3O5/c1-30(2)26(28(35)33-17-8-6-5-7-9-17)27(30)29(36)34-18-10-11-23(20(31)14-18)39-22-12-13-32-21-16-25(38-4)24(37-3)15-19(21)22/h5-16,26-27H,1-4H3,(H,33,35)(H,34,36)/t26-,27+/m1/s1. The molecule has 0 radical (unpaired) electrons. The lowest BCUT2D eigenvalue weighted by atomic mass is 10.1. The second-order valence-corrected chi connectivity index (χ2v) is 9.90. The Morgan fingerprint density at radius 1 is 0.795 bits per heavy atom. The highest BCUT2D eigenvalue weighted by molar-refractivity contribution is 6.04. The molecular formula is C30H28FN3O5. The highest BCUT2D eigenvalue weighted by atomic mass is 19.1. The van der Waals surface area contributed by atoms with Crippen molar-refractivity contribution in [2.45, 2.75) is 13.8 Å². The van der Waals surface area contributed by atoms with Gasteiger partial charge in [0.15, 0.2) is 23.1 Å². The zero-order chi connectivity index (χ0) is 27.7. The number of anilines is 2. The number of halogens is 1. The van der Waals surface area contributed by atoms with Crippen LogP contribution in [0.3, 0.4) is 0 Å². The van der Waals surface area contributed by atoms with Crippen LogP contribution in [0.25, 0.3) is 10.9 Å². The largest absolute Gasteiger partial charge is 0.493 e. The number of rotatable bonds is 8. The lowest BCUT2D eigenvalue weighted by Crippen LogP contribution is -2.20. The van der Waals surface area contributed by atoms with Crippen molar-refractivity contribution in [1.82, 2.24) is 4.98 Å². The van der Waals surface area contributed by atoms with E-state index in [4.69, 9.17) is 14.2 Å². The molecule has 9 heteroatoms.